The first kappa shape index (κ1) is 18.6. The van der Waals surface area contributed by atoms with E-state index in [1.807, 2.05) is 41.3 Å². The van der Waals surface area contributed by atoms with Gasteiger partial charge in [0.1, 0.15) is 0 Å². The standard InChI is InChI=1S/C26H24N2O2/c1-17-11-13-18(14-12-17)24-23(21-9-5-6-10-22(21)27(24)2)25-19-7-3-4-8-20(19)26(30)28(25)15-16-29/h3-14,25,29H,15-16H2,1-2H3/t25-/m1/s1. The average molecular weight is 396 g/mol. The summed E-state index contributed by atoms with van der Waals surface area (Å²) in [7, 11) is 2.08. The number of hydrogen-bond donors (Lipinski definition) is 1. The summed E-state index contributed by atoms with van der Waals surface area (Å²) < 4.78 is 2.22. The molecule has 4 aromatic rings. The third-order valence-corrected chi connectivity index (χ3v) is 6.14. The molecule has 5 rings (SSSR count). The van der Waals surface area contributed by atoms with E-state index in [1.54, 1.807) is 0 Å². The van der Waals surface area contributed by atoms with E-state index in [9.17, 15) is 9.90 Å². The van der Waals surface area contributed by atoms with Crippen molar-refractivity contribution in [2.24, 2.45) is 7.05 Å². The first-order chi connectivity index (χ1) is 14.6. The van der Waals surface area contributed by atoms with E-state index in [0.29, 0.717) is 6.54 Å². The maximum absolute atomic E-state index is 13.2. The number of hydrogen-bond acceptors (Lipinski definition) is 2. The predicted molar refractivity (Wildman–Crippen MR) is 119 cm³/mol. The van der Waals surface area contributed by atoms with Crippen molar-refractivity contribution in [1.29, 1.82) is 0 Å². The Balaban J connectivity index is 1.85. The van der Waals surface area contributed by atoms with Gasteiger partial charge in [-0.15, -0.1) is 0 Å². The summed E-state index contributed by atoms with van der Waals surface area (Å²) >= 11 is 0. The molecule has 1 amide bonds. The van der Waals surface area contributed by atoms with E-state index >= 15 is 0 Å². The number of fused-ring (bicyclic) bond motifs is 2. The molecular weight excluding hydrogens is 372 g/mol. The Morgan fingerprint density at radius 3 is 2.40 bits per heavy atom. The first-order valence-electron chi connectivity index (χ1n) is 10.3. The van der Waals surface area contributed by atoms with Gasteiger partial charge in [-0.2, -0.15) is 0 Å². The minimum Gasteiger partial charge on any atom is -0.395 e. The molecule has 3 aromatic carbocycles. The SMILES string of the molecule is Cc1ccc(-c2c([C@H]3c4ccccc4C(=O)N3CCO)c3ccccc3n2C)cc1. The molecule has 1 aliphatic rings. The fraction of sp³-hybridized carbons (Fsp3) is 0.192. The summed E-state index contributed by atoms with van der Waals surface area (Å²) in [6.07, 6.45) is 0. The lowest BCUT2D eigenvalue weighted by atomic mass is 9.93. The molecule has 0 unspecified atom stereocenters. The Morgan fingerprint density at radius 1 is 0.933 bits per heavy atom. The molecule has 150 valence electrons. The van der Waals surface area contributed by atoms with Gasteiger partial charge in [0, 0.05) is 35.6 Å². The van der Waals surface area contributed by atoms with Crippen LogP contribution in [0.15, 0.2) is 72.8 Å². The van der Waals surface area contributed by atoms with Gasteiger partial charge >= 0.3 is 0 Å². The van der Waals surface area contributed by atoms with Crippen molar-refractivity contribution < 1.29 is 9.90 Å². The molecule has 1 N–H and O–H groups in total. The van der Waals surface area contributed by atoms with Crippen molar-refractivity contribution in [2.45, 2.75) is 13.0 Å². The number of β-amino-alcohol motifs (C(OH)–C–C–N with tert-alkyl or cyclic N) is 1. The summed E-state index contributed by atoms with van der Waals surface area (Å²) in [5.41, 5.74) is 7.40. The highest BCUT2D eigenvalue weighted by atomic mass is 16.3. The number of carbonyl (C=O) groups excluding carboxylic acids is 1. The second-order valence-corrected chi connectivity index (χ2v) is 7.92. The van der Waals surface area contributed by atoms with Crippen LogP contribution < -0.4 is 0 Å². The zero-order valence-corrected chi connectivity index (χ0v) is 17.2. The normalized spacial score (nSPS) is 15.8. The molecular formula is C26H24N2O2. The predicted octanol–water partition coefficient (Wildman–Crippen LogP) is 4.69. The van der Waals surface area contributed by atoms with Gasteiger partial charge in [-0.1, -0.05) is 66.2 Å². The maximum Gasteiger partial charge on any atom is 0.255 e. The molecule has 0 aliphatic carbocycles. The van der Waals surface area contributed by atoms with E-state index < -0.39 is 0 Å². The molecule has 0 bridgehead atoms. The molecule has 4 nitrogen and oxygen atoms in total. The minimum atomic E-state index is -0.233. The number of aromatic nitrogens is 1. The number of aryl methyl sites for hydroxylation is 2. The molecule has 2 heterocycles. The summed E-state index contributed by atoms with van der Waals surface area (Å²) in [6, 6.07) is 24.5. The molecule has 0 saturated carbocycles. The van der Waals surface area contributed by atoms with Crippen molar-refractivity contribution >= 4 is 16.8 Å². The van der Waals surface area contributed by atoms with Gasteiger partial charge in [0.2, 0.25) is 0 Å². The highest BCUT2D eigenvalue weighted by Gasteiger charge is 2.40. The second-order valence-electron chi connectivity index (χ2n) is 7.92. The zero-order chi connectivity index (χ0) is 20.8. The van der Waals surface area contributed by atoms with Crippen LogP contribution in [0, 0.1) is 6.92 Å². The van der Waals surface area contributed by atoms with Crippen molar-refractivity contribution in [3.63, 3.8) is 0 Å². The molecule has 0 spiro atoms. The van der Waals surface area contributed by atoms with Gasteiger partial charge in [-0.05, 0) is 30.2 Å². The van der Waals surface area contributed by atoms with E-state index in [0.717, 1.165) is 38.9 Å². The Labute approximate surface area is 176 Å². The molecule has 1 atom stereocenters. The van der Waals surface area contributed by atoms with Gasteiger partial charge in [-0.25, -0.2) is 0 Å². The van der Waals surface area contributed by atoms with Crippen LogP contribution in [0.2, 0.25) is 0 Å². The minimum absolute atomic E-state index is 0.0209. The van der Waals surface area contributed by atoms with Gasteiger partial charge in [0.15, 0.2) is 0 Å². The molecule has 30 heavy (non-hydrogen) atoms. The lowest BCUT2D eigenvalue weighted by molar-refractivity contribution is 0.0713. The molecule has 0 saturated heterocycles. The van der Waals surface area contributed by atoms with Gasteiger partial charge < -0.3 is 14.6 Å². The largest absolute Gasteiger partial charge is 0.395 e. The lowest BCUT2D eigenvalue weighted by Crippen LogP contribution is -2.31. The molecule has 0 radical (unpaired) electrons. The van der Waals surface area contributed by atoms with Crippen LogP contribution in [0.3, 0.4) is 0 Å². The van der Waals surface area contributed by atoms with Gasteiger partial charge in [0.05, 0.1) is 18.3 Å². The van der Waals surface area contributed by atoms with Gasteiger partial charge in [0.25, 0.3) is 5.91 Å². The fourth-order valence-electron chi connectivity index (χ4n) is 4.78. The zero-order valence-electron chi connectivity index (χ0n) is 17.2. The van der Waals surface area contributed by atoms with E-state index in [2.05, 4.69) is 54.9 Å². The van der Waals surface area contributed by atoms with Crippen LogP contribution in [0.25, 0.3) is 22.2 Å². The van der Waals surface area contributed by atoms with Crippen molar-refractivity contribution in [3.05, 3.63) is 95.1 Å². The molecule has 4 heteroatoms. The van der Waals surface area contributed by atoms with Crippen LogP contribution in [-0.4, -0.2) is 33.6 Å². The van der Waals surface area contributed by atoms with Crippen LogP contribution in [0.5, 0.6) is 0 Å². The maximum atomic E-state index is 13.2. The fourth-order valence-corrected chi connectivity index (χ4v) is 4.78. The quantitative estimate of drug-likeness (QED) is 0.544. The average Bonchev–Trinajstić information content (AvgIpc) is 3.21. The number of nitrogens with zero attached hydrogens (tertiary/aromatic N) is 2. The summed E-state index contributed by atoms with van der Waals surface area (Å²) in [5, 5.41) is 10.9. The topological polar surface area (TPSA) is 45.5 Å². The second kappa shape index (κ2) is 7.15. The van der Waals surface area contributed by atoms with Crippen LogP contribution in [0.4, 0.5) is 0 Å². The smallest absolute Gasteiger partial charge is 0.255 e. The highest BCUT2D eigenvalue weighted by molar-refractivity contribution is 6.02. The lowest BCUT2D eigenvalue weighted by Gasteiger charge is -2.26. The number of carbonyl (C=O) groups is 1. The van der Waals surface area contributed by atoms with E-state index in [-0.39, 0.29) is 18.6 Å². The third-order valence-electron chi connectivity index (χ3n) is 6.14. The Bertz CT molecular complexity index is 1250. The van der Waals surface area contributed by atoms with E-state index in [4.69, 9.17) is 0 Å². The number of aliphatic hydroxyl groups excluding tert-OH is 1. The van der Waals surface area contributed by atoms with Crippen molar-refractivity contribution in [1.82, 2.24) is 9.47 Å². The number of para-hydroxylation sites is 1. The third kappa shape index (κ3) is 2.68. The monoisotopic (exact) mass is 396 g/mol. The summed E-state index contributed by atoms with van der Waals surface area (Å²) in [5.74, 6) is -0.0209. The van der Waals surface area contributed by atoms with Crippen molar-refractivity contribution in [3.8, 4) is 11.3 Å². The van der Waals surface area contributed by atoms with Crippen LogP contribution >= 0.6 is 0 Å². The van der Waals surface area contributed by atoms with E-state index in [1.165, 1.54) is 5.56 Å². The van der Waals surface area contributed by atoms with Crippen LogP contribution in [0.1, 0.15) is 33.1 Å². The number of amides is 1. The summed E-state index contributed by atoms with van der Waals surface area (Å²) in [6.45, 7) is 2.32. The highest BCUT2D eigenvalue weighted by Crippen LogP contribution is 2.46. The Hall–Kier alpha value is -3.37. The first-order valence-corrected chi connectivity index (χ1v) is 10.3. The number of benzene rings is 3. The Kier molecular flexibility index (Phi) is 4.44. The van der Waals surface area contributed by atoms with Gasteiger partial charge in [-0.3, -0.25) is 4.79 Å². The molecule has 0 fully saturated rings. The Morgan fingerprint density at radius 2 is 1.63 bits per heavy atom. The number of aliphatic hydroxyl groups is 1. The van der Waals surface area contributed by atoms with Crippen molar-refractivity contribution in [2.75, 3.05) is 13.2 Å². The number of rotatable bonds is 4. The van der Waals surface area contributed by atoms with Crippen LogP contribution in [-0.2, 0) is 7.05 Å². The molecule has 1 aromatic heterocycles. The summed E-state index contributed by atoms with van der Waals surface area (Å²) in [4.78, 5) is 15.0. The molecule has 1 aliphatic heterocycles.